The maximum absolute atomic E-state index is 12.4. The predicted octanol–water partition coefficient (Wildman–Crippen LogP) is 0.198. The number of rotatable bonds is 8. The molecule has 5 unspecified atom stereocenters. The van der Waals surface area contributed by atoms with E-state index in [1.165, 1.54) is 12.8 Å². The molecule has 0 aliphatic carbocycles. The fourth-order valence-electron chi connectivity index (χ4n) is 4.35. The van der Waals surface area contributed by atoms with E-state index in [1.54, 1.807) is 0 Å². The van der Waals surface area contributed by atoms with E-state index >= 15 is 0 Å². The number of carboxylic acids is 2. The molecule has 10 heteroatoms. The largest absolute Gasteiger partial charge is 0.479 e. The van der Waals surface area contributed by atoms with Gasteiger partial charge in [-0.05, 0) is 24.9 Å². The number of hydrogen-bond donors (Lipinski definition) is 5. The van der Waals surface area contributed by atoms with Crippen molar-refractivity contribution < 1.29 is 44.7 Å². The van der Waals surface area contributed by atoms with E-state index in [2.05, 4.69) is 11.8 Å². The number of aliphatic hydroxyl groups is 3. The molecule has 1 aromatic rings. The highest BCUT2D eigenvalue weighted by atomic mass is 16.5. The first-order valence-corrected chi connectivity index (χ1v) is 10.6. The molecule has 0 radical (unpaired) electrons. The molecule has 2 bridgehead atoms. The molecule has 0 amide bonds. The molecule has 0 aromatic heterocycles. The Labute approximate surface area is 186 Å². The number of nitrogens with zero attached hydrogens (tertiary/aromatic N) is 1. The second kappa shape index (κ2) is 11.9. The zero-order valence-electron chi connectivity index (χ0n) is 17.9. The number of ether oxygens (including phenoxy) is 1. The van der Waals surface area contributed by atoms with Crippen molar-refractivity contribution in [3.8, 4) is 0 Å². The highest BCUT2D eigenvalue weighted by Gasteiger charge is 2.41. The van der Waals surface area contributed by atoms with E-state index < -0.39 is 30.1 Å². The molecule has 2 fully saturated rings. The first kappa shape index (κ1) is 25.7. The molecule has 2 aliphatic rings. The lowest BCUT2D eigenvalue weighted by Crippen LogP contribution is -2.46. The number of fused-ring (bicyclic) bond motifs is 2. The third-order valence-corrected chi connectivity index (χ3v) is 5.96. The summed E-state index contributed by atoms with van der Waals surface area (Å²) in [6.45, 7) is 3.08. The number of carbonyl (C=O) groups excluding carboxylic acids is 1. The van der Waals surface area contributed by atoms with E-state index in [-0.39, 0.29) is 18.7 Å². The van der Waals surface area contributed by atoms with Crippen molar-refractivity contribution in [2.24, 2.45) is 0 Å². The number of carbonyl (C=O) groups is 3. The first-order chi connectivity index (χ1) is 15.2. The Morgan fingerprint density at radius 1 is 1.00 bits per heavy atom. The van der Waals surface area contributed by atoms with Gasteiger partial charge in [-0.3, -0.25) is 9.69 Å². The molecule has 178 valence electrons. The Bertz CT molecular complexity index is 740. The van der Waals surface area contributed by atoms with Gasteiger partial charge in [0.2, 0.25) is 0 Å². The Kier molecular flexibility index (Phi) is 9.58. The molecule has 5 N–H and O–H groups in total. The molecule has 5 atom stereocenters. The normalized spacial score (nSPS) is 25.1. The Hall–Kier alpha value is -2.53. The minimum absolute atomic E-state index is 0.00515. The summed E-state index contributed by atoms with van der Waals surface area (Å²) in [5.41, 5.74) is 0.823. The third kappa shape index (κ3) is 6.49. The average Bonchev–Trinajstić information content (AvgIpc) is 3.03. The summed E-state index contributed by atoms with van der Waals surface area (Å²) in [6.07, 6.45) is -0.226. The minimum atomic E-state index is -2.27. The highest BCUT2D eigenvalue weighted by molar-refractivity contribution is 5.83. The molecule has 2 aliphatic heterocycles. The SMILES string of the molecule is CCN1C2CCC1CC(OC(=O)C(CO)c1ccccc1)C2.O=C(O)C(O)C(O)C(=O)O. The van der Waals surface area contributed by atoms with Gasteiger partial charge in [0.1, 0.15) is 12.0 Å². The van der Waals surface area contributed by atoms with E-state index in [0.717, 1.165) is 24.9 Å². The molecule has 0 spiro atoms. The van der Waals surface area contributed by atoms with Crippen LogP contribution in [0.1, 0.15) is 44.1 Å². The number of hydrogen-bond acceptors (Lipinski definition) is 8. The average molecular weight is 453 g/mol. The van der Waals surface area contributed by atoms with Gasteiger partial charge in [0.15, 0.2) is 12.2 Å². The quantitative estimate of drug-likeness (QED) is 0.343. The van der Waals surface area contributed by atoms with Crippen molar-refractivity contribution in [1.29, 1.82) is 0 Å². The fraction of sp³-hybridized carbons (Fsp3) is 0.591. The Balaban J connectivity index is 0.000000309. The second-order valence-corrected chi connectivity index (χ2v) is 7.96. The van der Waals surface area contributed by atoms with Crippen LogP contribution in [0.25, 0.3) is 0 Å². The van der Waals surface area contributed by atoms with Crippen LogP contribution in [-0.2, 0) is 19.1 Å². The van der Waals surface area contributed by atoms with Gasteiger partial charge in [0.05, 0.1) is 6.61 Å². The summed E-state index contributed by atoms with van der Waals surface area (Å²) >= 11 is 0. The smallest absolute Gasteiger partial charge is 0.335 e. The van der Waals surface area contributed by atoms with Crippen LogP contribution in [0.2, 0.25) is 0 Å². The van der Waals surface area contributed by atoms with Crippen LogP contribution in [-0.4, -0.2) is 91.9 Å². The molecule has 3 rings (SSSR count). The van der Waals surface area contributed by atoms with Crippen molar-refractivity contribution in [2.45, 2.75) is 68.9 Å². The number of benzene rings is 1. The topological polar surface area (TPSA) is 165 Å². The van der Waals surface area contributed by atoms with E-state index in [4.69, 9.17) is 25.2 Å². The van der Waals surface area contributed by atoms with E-state index in [9.17, 15) is 19.5 Å². The van der Waals surface area contributed by atoms with Gasteiger partial charge >= 0.3 is 17.9 Å². The Morgan fingerprint density at radius 2 is 1.50 bits per heavy atom. The van der Waals surface area contributed by atoms with Gasteiger partial charge in [-0.15, -0.1) is 0 Å². The number of aliphatic carboxylic acids is 2. The van der Waals surface area contributed by atoms with Gasteiger partial charge < -0.3 is 30.3 Å². The maximum Gasteiger partial charge on any atom is 0.335 e. The van der Waals surface area contributed by atoms with Gasteiger partial charge in [-0.25, -0.2) is 9.59 Å². The molecule has 32 heavy (non-hydrogen) atoms. The van der Waals surface area contributed by atoms with Crippen LogP contribution in [0.15, 0.2) is 30.3 Å². The molecule has 2 heterocycles. The number of aliphatic hydroxyl groups excluding tert-OH is 3. The third-order valence-electron chi connectivity index (χ3n) is 5.96. The van der Waals surface area contributed by atoms with Gasteiger partial charge in [0.25, 0.3) is 0 Å². The lowest BCUT2D eigenvalue weighted by atomic mass is 9.98. The standard InChI is InChI=1S/C18H25NO3.C4H6O6/c1-2-19-14-8-9-15(19)11-16(10-14)22-18(21)17(12-20)13-6-4-3-5-7-13;5-1(3(7)8)2(6)4(9)10/h3-7,14-17,20H,2,8-12H2,1H3;1-2,5-6H,(H,7,8)(H,9,10). The second-order valence-electron chi connectivity index (χ2n) is 7.96. The molecule has 0 saturated carbocycles. The monoisotopic (exact) mass is 453 g/mol. The van der Waals surface area contributed by atoms with E-state index in [0.29, 0.717) is 12.1 Å². The van der Waals surface area contributed by atoms with Gasteiger partial charge in [0, 0.05) is 24.9 Å². The van der Waals surface area contributed by atoms with Crippen LogP contribution < -0.4 is 0 Å². The number of piperidine rings is 1. The van der Waals surface area contributed by atoms with Crippen LogP contribution in [0, 0.1) is 0 Å². The summed E-state index contributed by atoms with van der Waals surface area (Å²) in [5.74, 6) is -4.39. The van der Waals surface area contributed by atoms with Crippen LogP contribution in [0.3, 0.4) is 0 Å². The number of esters is 1. The summed E-state index contributed by atoms with van der Waals surface area (Å²) < 4.78 is 5.75. The summed E-state index contributed by atoms with van der Waals surface area (Å²) in [4.78, 5) is 34.5. The molecule has 10 nitrogen and oxygen atoms in total. The highest BCUT2D eigenvalue weighted by Crippen LogP contribution is 2.37. The fourth-order valence-corrected chi connectivity index (χ4v) is 4.35. The zero-order valence-corrected chi connectivity index (χ0v) is 17.9. The van der Waals surface area contributed by atoms with E-state index in [1.807, 2.05) is 30.3 Å². The van der Waals surface area contributed by atoms with Gasteiger partial charge in [-0.2, -0.15) is 0 Å². The van der Waals surface area contributed by atoms with Crippen molar-refractivity contribution in [3.05, 3.63) is 35.9 Å². The van der Waals surface area contributed by atoms with Crippen LogP contribution in [0.4, 0.5) is 0 Å². The van der Waals surface area contributed by atoms with Crippen molar-refractivity contribution >= 4 is 17.9 Å². The van der Waals surface area contributed by atoms with Crippen LogP contribution >= 0.6 is 0 Å². The molecular formula is C22H31NO9. The van der Waals surface area contributed by atoms with Crippen molar-refractivity contribution in [3.63, 3.8) is 0 Å². The van der Waals surface area contributed by atoms with Crippen molar-refractivity contribution in [2.75, 3.05) is 13.2 Å². The zero-order chi connectivity index (χ0) is 23.8. The Morgan fingerprint density at radius 3 is 1.91 bits per heavy atom. The lowest BCUT2D eigenvalue weighted by molar-refractivity contribution is -0.165. The maximum atomic E-state index is 12.4. The predicted molar refractivity (Wildman–Crippen MR) is 112 cm³/mol. The first-order valence-electron chi connectivity index (χ1n) is 10.6. The molecular weight excluding hydrogens is 422 g/mol. The minimum Gasteiger partial charge on any atom is -0.479 e. The van der Waals surface area contributed by atoms with Crippen molar-refractivity contribution in [1.82, 2.24) is 4.90 Å². The lowest BCUT2D eigenvalue weighted by Gasteiger charge is -2.38. The summed E-state index contributed by atoms with van der Waals surface area (Å²) in [5, 5.41) is 42.1. The summed E-state index contributed by atoms with van der Waals surface area (Å²) in [7, 11) is 0. The molecule has 1 aromatic carbocycles. The van der Waals surface area contributed by atoms with Crippen LogP contribution in [0.5, 0.6) is 0 Å². The number of carboxylic acid groups (broad SMARTS) is 2. The summed E-state index contributed by atoms with van der Waals surface area (Å²) in [6, 6.07) is 10.5. The molecule has 2 saturated heterocycles. The van der Waals surface area contributed by atoms with Gasteiger partial charge in [-0.1, -0.05) is 37.3 Å².